The minimum Gasteiger partial charge on any atom is -0.376 e. The van der Waals surface area contributed by atoms with E-state index in [0.29, 0.717) is 17.8 Å². The van der Waals surface area contributed by atoms with Crippen LogP contribution in [0.3, 0.4) is 0 Å². The molecule has 0 aromatic heterocycles. The molecule has 0 aliphatic rings. The maximum atomic E-state index is 12.2. The highest BCUT2D eigenvalue weighted by molar-refractivity contribution is 5.96. The summed E-state index contributed by atoms with van der Waals surface area (Å²) in [6.07, 6.45) is 0.903. The van der Waals surface area contributed by atoms with Crippen molar-refractivity contribution in [1.29, 1.82) is 0 Å². The molecule has 0 aliphatic carbocycles. The van der Waals surface area contributed by atoms with Crippen LogP contribution in [0.5, 0.6) is 0 Å². The minimum absolute atomic E-state index is 0.104. The molecule has 0 aliphatic heterocycles. The van der Waals surface area contributed by atoms with E-state index in [-0.39, 0.29) is 18.4 Å². The summed E-state index contributed by atoms with van der Waals surface area (Å²) >= 11 is 0. The molecule has 6 heteroatoms. The zero-order valence-corrected chi connectivity index (χ0v) is 17.1. The monoisotopic (exact) mass is 382 g/mol. The van der Waals surface area contributed by atoms with Gasteiger partial charge in [0.05, 0.1) is 6.54 Å². The van der Waals surface area contributed by atoms with Crippen LogP contribution in [0.25, 0.3) is 0 Å². The molecule has 3 N–H and O–H groups in total. The van der Waals surface area contributed by atoms with Gasteiger partial charge < -0.3 is 20.9 Å². The van der Waals surface area contributed by atoms with Gasteiger partial charge in [0.1, 0.15) is 0 Å². The summed E-state index contributed by atoms with van der Waals surface area (Å²) in [5, 5.41) is 8.88. The molecule has 0 heterocycles. The van der Waals surface area contributed by atoms with E-state index in [2.05, 4.69) is 26.9 Å². The van der Waals surface area contributed by atoms with Crippen LogP contribution in [0.15, 0.2) is 42.5 Å². The Morgan fingerprint density at radius 3 is 2.36 bits per heavy atom. The van der Waals surface area contributed by atoms with Gasteiger partial charge in [0.2, 0.25) is 5.91 Å². The standard InChI is InChI=1S/C22H30N4O2/c1-16-6-11-20(17(2)14-16)24-15-21(27)25-19-9-7-18(8-10-19)22(28)23-12-5-13-26(3)4/h6-11,14,24H,5,12-13,15H2,1-4H3,(H,23,28)(H,25,27). The molecule has 2 rings (SSSR count). The van der Waals surface area contributed by atoms with Gasteiger partial charge in [0, 0.05) is 23.5 Å². The predicted octanol–water partition coefficient (Wildman–Crippen LogP) is 3.04. The Kier molecular flexibility index (Phi) is 8.02. The molecule has 0 saturated heterocycles. The molecule has 6 nitrogen and oxygen atoms in total. The van der Waals surface area contributed by atoms with E-state index >= 15 is 0 Å². The van der Waals surface area contributed by atoms with Crippen molar-refractivity contribution in [3.8, 4) is 0 Å². The molecular weight excluding hydrogens is 352 g/mol. The van der Waals surface area contributed by atoms with Crippen molar-refractivity contribution in [2.75, 3.05) is 44.4 Å². The van der Waals surface area contributed by atoms with Crippen molar-refractivity contribution in [3.05, 3.63) is 59.2 Å². The molecule has 0 bridgehead atoms. The van der Waals surface area contributed by atoms with Crippen LogP contribution in [0.2, 0.25) is 0 Å². The zero-order valence-electron chi connectivity index (χ0n) is 17.1. The quantitative estimate of drug-likeness (QED) is 0.583. The number of hydrogen-bond donors (Lipinski definition) is 3. The normalized spacial score (nSPS) is 10.6. The minimum atomic E-state index is -0.138. The van der Waals surface area contributed by atoms with E-state index in [1.807, 2.05) is 40.1 Å². The molecular formula is C22H30N4O2. The molecule has 0 spiro atoms. The largest absolute Gasteiger partial charge is 0.376 e. The van der Waals surface area contributed by atoms with Gasteiger partial charge in [-0.25, -0.2) is 0 Å². The third-order valence-electron chi connectivity index (χ3n) is 4.32. The number of carbonyl (C=O) groups excluding carboxylic acids is 2. The lowest BCUT2D eigenvalue weighted by Crippen LogP contribution is -2.27. The summed E-state index contributed by atoms with van der Waals surface area (Å²) in [6.45, 7) is 5.80. The van der Waals surface area contributed by atoms with Gasteiger partial charge in [-0.2, -0.15) is 0 Å². The average Bonchev–Trinajstić information content (AvgIpc) is 2.65. The van der Waals surface area contributed by atoms with E-state index in [1.165, 1.54) is 5.56 Å². The molecule has 0 fully saturated rings. The molecule has 150 valence electrons. The van der Waals surface area contributed by atoms with Crippen molar-refractivity contribution in [2.45, 2.75) is 20.3 Å². The third kappa shape index (κ3) is 7.04. The lowest BCUT2D eigenvalue weighted by atomic mass is 10.1. The first-order valence-corrected chi connectivity index (χ1v) is 9.49. The zero-order chi connectivity index (χ0) is 20.5. The Hall–Kier alpha value is -2.86. The van der Waals surface area contributed by atoms with E-state index in [0.717, 1.165) is 24.2 Å². The van der Waals surface area contributed by atoms with Gasteiger partial charge in [-0.1, -0.05) is 17.7 Å². The summed E-state index contributed by atoms with van der Waals surface area (Å²) in [5.74, 6) is -0.242. The summed E-state index contributed by atoms with van der Waals surface area (Å²) in [5.41, 5.74) is 4.48. The van der Waals surface area contributed by atoms with Crippen molar-refractivity contribution >= 4 is 23.2 Å². The molecule has 2 aromatic carbocycles. The highest BCUT2D eigenvalue weighted by Crippen LogP contribution is 2.16. The number of carbonyl (C=O) groups is 2. The first kappa shape index (κ1) is 21.4. The van der Waals surface area contributed by atoms with Crippen LogP contribution >= 0.6 is 0 Å². The first-order valence-electron chi connectivity index (χ1n) is 9.49. The maximum Gasteiger partial charge on any atom is 0.251 e. The smallest absolute Gasteiger partial charge is 0.251 e. The fourth-order valence-corrected chi connectivity index (χ4v) is 2.80. The topological polar surface area (TPSA) is 73.5 Å². The molecule has 0 saturated carbocycles. The predicted molar refractivity (Wildman–Crippen MR) is 115 cm³/mol. The summed E-state index contributed by atoms with van der Waals surface area (Å²) < 4.78 is 0. The lowest BCUT2D eigenvalue weighted by molar-refractivity contribution is -0.114. The third-order valence-corrected chi connectivity index (χ3v) is 4.32. The Balaban J connectivity index is 1.79. The second-order valence-corrected chi connectivity index (χ2v) is 7.21. The molecule has 0 unspecified atom stereocenters. The molecule has 2 amide bonds. The van der Waals surface area contributed by atoms with Gasteiger partial charge in [0.15, 0.2) is 0 Å². The number of amides is 2. The van der Waals surface area contributed by atoms with Crippen LogP contribution in [0.1, 0.15) is 27.9 Å². The van der Waals surface area contributed by atoms with E-state index in [9.17, 15) is 9.59 Å². The van der Waals surface area contributed by atoms with E-state index in [1.54, 1.807) is 24.3 Å². The Labute approximate surface area is 167 Å². The summed E-state index contributed by atoms with van der Waals surface area (Å²) in [7, 11) is 4.01. The van der Waals surface area contributed by atoms with Crippen LogP contribution < -0.4 is 16.0 Å². The number of hydrogen-bond acceptors (Lipinski definition) is 4. The van der Waals surface area contributed by atoms with Crippen molar-refractivity contribution in [1.82, 2.24) is 10.2 Å². The van der Waals surface area contributed by atoms with Crippen molar-refractivity contribution < 1.29 is 9.59 Å². The molecule has 2 aromatic rings. The first-order chi connectivity index (χ1) is 13.3. The Morgan fingerprint density at radius 1 is 1.00 bits per heavy atom. The van der Waals surface area contributed by atoms with E-state index in [4.69, 9.17) is 0 Å². The van der Waals surface area contributed by atoms with Crippen LogP contribution in [0.4, 0.5) is 11.4 Å². The number of nitrogens with zero attached hydrogens (tertiary/aromatic N) is 1. The molecule has 28 heavy (non-hydrogen) atoms. The van der Waals surface area contributed by atoms with Crippen LogP contribution in [0, 0.1) is 13.8 Å². The van der Waals surface area contributed by atoms with Gasteiger partial charge in [-0.05, 0) is 76.8 Å². The number of benzene rings is 2. The number of anilines is 2. The highest BCUT2D eigenvalue weighted by Gasteiger charge is 2.07. The second kappa shape index (κ2) is 10.5. The summed E-state index contributed by atoms with van der Waals surface area (Å²) in [6, 6.07) is 13.0. The van der Waals surface area contributed by atoms with Crippen LogP contribution in [-0.2, 0) is 4.79 Å². The molecule has 0 radical (unpaired) electrons. The van der Waals surface area contributed by atoms with Gasteiger partial charge in [0.25, 0.3) is 5.91 Å². The van der Waals surface area contributed by atoms with Gasteiger partial charge >= 0.3 is 0 Å². The number of rotatable bonds is 9. The van der Waals surface area contributed by atoms with Crippen LogP contribution in [-0.4, -0.2) is 50.4 Å². The lowest BCUT2D eigenvalue weighted by Gasteiger charge is -2.11. The SMILES string of the molecule is Cc1ccc(NCC(=O)Nc2ccc(C(=O)NCCCN(C)C)cc2)c(C)c1. The van der Waals surface area contributed by atoms with Gasteiger partial charge in [-0.3, -0.25) is 9.59 Å². The van der Waals surface area contributed by atoms with Gasteiger partial charge in [-0.15, -0.1) is 0 Å². The number of aryl methyl sites for hydroxylation is 2. The summed E-state index contributed by atoms with van der Waals surface area (Å²) in [4.78, 5) is 26.4. The van der Waals surface area contributed by atoms with Crippen molar-refractivity contribution in [3.63, 3.8) is 0 Å². The number of nitrogens with one attached hydrogen (secondary N) is 3. The second-order valence-electron chi connectivity index (χ2n) is 7.21. The maximum absolute atomic E-state index is 12.2. The fourth-order valence-electron chi connectivity index (χ4n) is 2.80. The van der Waals surface area contributed by atoms with E-state index < -0.39 is 0 Å². The van der Waals surface area contributed by atoms with Crippen molar-refractivity contribution in [2.24, 2.45) is 0 Å². The molecule has 0 atom stereocenters. The Bertz CT molecular complexity index is 801. The average molecular weight is 383 g/mol. The highest BCUT2D eigenvalue weighted by atomic mass is 16.2. The Morgan fingerprint density at radius 2 is 1.71 bits per heavy atom. The fraction of sp³-hybridized carbons (Fsp3) is 0.364.